The van der Waals surface area contributed by atoms with Crippen LogP contribution in [-0.2, 0) is 14.3 Å². The Hall–Kier alpha value is -1.62. The third kappa shape index (κ3) is 4.33. The first-order valence-electron chi connectivity index (χ1n) is 5.24. The molecule has 1 atom stereocenters. The van der Waals surface area contributed by atoms with Crippen molar-refractivity contribution >= 4 is 23.5 Å². The highest BCUT2D eigenvalue weighted by Gasteiger charge is 2.18. The molecule has 6 heteroatoms. The zero-order chi connectivity index (χ0) is 13.5. The fourth-order valence-electron chi connectivity index (χ4n) is 1.43. The number of hydrogen-bond acceptors (Lipinski definition) is 3. The number of hydrogen-bond donors (Lipinski definition) is 1. The summed E-state index contributed by atoms with van der Waals surface area (Å²) in [6.45, 7) is 0. The lowest BCUT2D eigenvalue weighted by Gasteiger charge is -2.17. The minimum atomic E-state index is -0.579. The Morgan fingerprint density at radius 2 is 2.00 bits per heavy atom. The van der Waals surface area contributed by atoms with Crippen molar-refractivity contribution in [3.63, 3.8) is 0 Å². The second-order valence-corrected chi connectivity index (χ2v) is 3.85. The smallest absolute Gasteiger partial charge is 0.307 e. The molecule has 0 saturated carbocycles. The van der Waals surface area contributed by atoms with E-state index in [2.05, 4.69) is 10.1 Å². The second-order valence-electron chi connectivity index (χ2n) is 3.59. The van der Waals surface area contributed by atoms with Crippen LogP contribution in [-0.4, -0.2) is 24.9 Å². The van der Waals surface area contributed by atoms with E-state index in [1.807, 2.05) is 0 Å². The van der Waals surface area contributed by atoms with E-state index in [1.165, 1.54) is 31.4 Å². The first kappa shape index (κ1) is 14.4. The Kier molecular flexibility index (Phi) is 5.58. The summed E-state index contributed by atoms with van der Waals surface area (Å²) in [6, 6.07) is 4.93. The molecule has 0 aliphatic heterocycles. The average Bonchev–Trinajstić information content (AvgIpc) is 2.38. The van der Waals surface area contributed by atoms with E-state index < -0.39 is 17.9 Å². The highest BCUT2D eigenvalue weighted by Crippen LogP contribution is 2.18. The van der Waals surface area contributed by atoms with Gasteiger partial charge in [0.2, 0.25) is 5.91 Å². The van der Waals surface area contributed by atoms with Crippen LogP contribution in [0, 0.1) is 5.82 Å². The molecule has 0 radical (unpaired) electrons. The molecular formula is C12H13ClFNO3. The van der Waals surface area contributed by atoms with Gasteiger partial charge < -0.3 is 10.1 Å². The zero-order valence-corrected chi connectivity index (χ0v) is 10.5. The summed E-state index contributed by atoms with van der Waals surface area (Å²) in [5, 5.41) is 2.57. The van der Waals surface area contributed by atoms with Gasteiger partial charge in [-0.15, -0.1) is 11.6 Å². The number of benzene rings is 1. The predicted molar refractivity (Wildman–Crippen MR) is 64.6 cm³/mol. The van der Waals surface area contributed by atoms with Gasteiger partial charge in [0, 0.05) is 0 Å². The minimum Gasteiger partial charge on any atom is -0.469 e. The molecule has 1 rings (SSSR count). The van der Waals surface area contributed by atoms with Gasteiger partial charge >= 0.3 is 5.97 Å². The molecule has 0 aliphatic rings. The third-order valence-corrected chi connectivity index (χ3v) is 2.57. The number of ether oxygens (including phenoxy) is 1. The van der Waals surface area contributed by atoms with Gasteiger partial charge in [0.05, 0.1) is 19.6 Å². The maximum atomic E-state index is 12.8. The second kappa shape index (κ2) is 6.96. The molecule has 1 amide bonds. The predicted octanol–water partition coefficient (Wildman–Crippen LogP) is 1.78. The SMILES string of the molecule is COC(=O)C[C@H](NC(=O)CCl)c1ccc(F)cc1. The van der Waals surface area contributed by atoms with Crippen molar-refractivity contribution in [2.24, 2.45) is 0 Å². The lowest BCUT2D eigenvalue weighted by molar-refractivity contribution is -0.141. The standard InChI is InChI=1S/C12H13ClFNO3/c1-18-12(17)6-10(15-11(16)7-13)8-2-4-9(14)5-3-8/h2-5,10H,6-7H2,1H3,(H,15,16)/t10-/m0/s1. The number of nitrogens with one attached hydrogen (secondary N) is 1. The Bertz CT molecular complexity index is 404. The number of rotatable bonds is 5. The quantitative estimate of drug-likeness (QED) is 0.657. The Morgan fingerprint density at radius 3 is 2.50 bits per heavy atom. The fourth-order valence-corrected chi connectivity index (χ4v) is 1.51. The molecule has 0 fully saturated rings. The molecule has 4 nitrogen and oxygen atoms in total. The molecule has 0 bridgehead atoms. The van der Waals surface area contributed by atoms with Crippen LogP contribution in [0.25, 0.3) is 0 Å². The topological polar surface area (TPSA) is 55.4 Å². The van der Waals surface area contributed by atoms with Crippen molar-refractivity contribution in [1.29, 1.82) is 0 Å². The molecule has 18 heavy (non-hydrogen) atoms. The van der Waals surface area contributed by atoms with Crippen LogP contribution in [0.3, 0.4) is 0 Å². The van der Waals surface area contributed by atoms with E-state index >= 15 is 0 Å². The summed E-state index contributed by atoms with van der Waals surface area (Å²) in [6.07, 6.45) is -0.0369. The lowest BCUT2D eigenvalue weighted by Crippen LogP contribution is -2.31. The van der Waals surface area contributed by atoms with Crippen LogP contribution in [0.4, 0.5) is 4.39 Å². The zero-order valence-electron chi connectivity index (χ0n) is 9.78. The van der Waals surface area contributed by atoms with E-state index in [0.29, 0.717) is 5.56 Å². The maximum Gasteiger partial charge on any atom is 0.307 e. The summed E-state index contributed by atoms with van der Waals surface area (Å²) < 4.78 is 17.4. The van der Waals surface area contributed by atoms with Crippen molar-refractivity contribution in [3.05, 3.63) is 35.6 Å². The number of amides is 1. The van der Waals surface area contributed by atoms with Gasteiger partial charge in [-0.05, 0) is 17.7 Å². The van der Waals surface area contributed by atoms with E-state index in [1.54, 1.807) is 0 Å². The fraction of sp³-hybridized carbons (Fsp3) is 0.333. The van der Waals surface area contributed by atoms with Crippen molar-refractivity contribution in [2.45, 2.75) is 12.5 Å². The first-order chi connectivity index (χ1) is 8.56. The molecular weight excluding hydrogens is 261 g/mol. The molecule has 0 unspecified atom stereocenters. The van der Waals surface area contributed by atoms with Crippen LogP contribution in [0.1, 0.15) is 18.0 Å². The van der Waals surface area contributed by atoms with E-state index in [-0.39, 0.29) is 18.1 Å². The molecule has 1 aromatic rings. The molecule has 1 N–H and O–H groups in total. The summed E-state index contributed by atoms with van der Waals surface area (Å²) in [7, 11) is 1.26. The summed E-state index contributed by atoms with van der Waals surface area (Å²) in [5.41, 5.74) is 0.611. The molecule has 0 saturated heterocycles. The van der Waals surface area contributed by atoms with Crippen LogP contribution in [0.5, 0.6) is 0 Å². The molecule has 0 heterocycles. The molecule has 1 aromatic carbocycles. The Morgan fingerprint density at radius 1 is 1.39 bits per heavy atom. The largest absolute Gasteiger partial charge is 0.469 e. The summed E-state index contributed by atoms with van der Waals surface area (Å²) in [5.74, 6) is -1.48. The van der Waals surface area contributed by atoms with Gasteiger partial charge in [-0.2, -0.15) is 0 Å². The third-order valence-electron chi connectivity index (χ3n) is 2.33. The van der Waals surface area contributed by atoms with Crippen molar-refractivity contribution in [3.8, 4) is 0 Å². The van der Waals surface area contributed by atoms with Gasteiger partial charge in [0.25, 0.3) is 0 Å². The van der Waals surface area contributed by atoms with Gasteiger partial charge in [0.1, 0.15) is 11.7 Å². The molecule has 98 valence electrons. The number of methoxy groups -OCH3 is 1. The van der Waals surface area contributed by atoms with E-state index in [4.69, 9.17) is 11.6 Å². The number of carbonyl (C=O) groups excluding carboxylic acids is 2. The van der Waals surface area contributed by atoms with Crippen molar-refractivity contribution in [2.75, 3.05) is 13.0 Å². The number of alkyl halides is 1. The minimum absolute atomic E-state index is 0.0369. The van der Waals surface area contributed by atoms with Crippen LogP contribution < -0.4 is 5.32 Å². The van der Waals surface area contributed by atoms with E-state index in [9.17, 15) is 14.0 Å². The first-order valence-corrected chi connectivity index (χ1v) is 5.78. The average molecular weight is 274 g/mol. The van der Waals surface area contributed by atoms with Gasteiger partial charge in [-0.25, -0.2) is 4.39 Å². The van der Waals surface area contributed by atoms with Crippen LogP contribution in [0.2, 0.25) is 0 Å². The normalized spacial score (nSPS) is 11.7. The maximum absolute atomic E-state index is 12.8. The van der Waals surface area contributed by atoms with Crippen molar-refractivity contribution in [1.82, 2.24) is 5.32 Å². The highest BCUT2D eigenvalue weighted by molar-refractivity contribution is 6.27. The number of esters is 1. The Balaban J connectivity index is 2.85. The van der Waals surface area contributed by atoms with Gasteiger partial charge in [0.15, 0.2) is 0 Å². The lowest BCUT2D eigenvalue weighted by atomic mass is 10.0. The van der Waals surface area contributed by atoms with E-state index in [0.717, 1.165) is 0 Å². The monoisotopic (exact) mass is 273 g/mol. The van der Waals surface area contributed by atoms with Crippen molar-refractivity contribution < 1.29 is 18.7 Å². The highest BCUT2D eigenvalue weighted by atomic mass is 35.5. The van der Waals surface area contributed by atoms with Crippen LogP contribution in [0.15, 0.2) is 24.3 Å². The summed E-state index contributed by atoms with van der Waals surface area (Å²) in [4.78, 5) is 22.5. The Labute approximate surface area is 109 Å². The van der Waals surface area contributed by atoms with Crippen LogP contribution >= 0.6 is 11.6 Å². The number of carbonyl (C=O) groups is 2. The molecule has 0 aliphatic carbocycles. The van der Waals surface area contributed by atoms with Gasteiger partial charge in [-0.3, -0.25) is 9.59 Å². The summed E-state index contributed by atoms with van der Waals surface area (Å²) >= 11 is 5.39. The molecule has 0 spiro atoms. The number of halogens is 2. The molecule has 0 aromatic heterocycles. The van der Waals surface area contributed by atoms with Gasteiger partial charge in [-0.1, -0.05) is 12.1 Å².